The lowest BCUT2D eigenvalue weighted by atomic mass is 10.2. The van der Waals surface area contributed by atoms with Gasteiger partial charge in [-0.2, -0.15) is 13.2 Å². The van der Waals surface area contributed by atoms with Crippen LogP contribution in [0, 0.1) is 6.92 Å². The van der Waals surface area contributed by atoms with E-state index in [4.69, 9.17) is 0 Å². The van der Waals surface area contributed by atoms with Crippen LogP contribution in [0.25, 0.3) is 0 Å². The fourth-order valence-electron chi connectivity index (χ4n) is 1.64. The second-order valence-corrected chi connectivity index (χ2v) is 5.21. The Morgan fingerprint density at radius 3 is 2.55 bits per heavy atom. The van der Waals surface area contributed by atoms with Crippen molar-refractivity contribution in [3.05, 3.63) is 57.8 Å². The van der Waals surface area contributed by atoms with Crippen molar-refractivity contribution in [2.45, 2.75) is 19.6 Å². The number of hydrogen-bond donors (Lipinski definition) is 1. The first-order valence-electron chi connectivity index (χ1n) is 5.88. The van der Waals surface area contributed by atoms with E-state index < -0.39 is 11.7 Å². The molecule has 0 fully saturated rings. The quantitative estimate of drug-likeness (QED) is 0.866. The molecule has 0 atom stereocenters. The molecule has 1 aromatic heterocycles. The highest BCUT2D eigenvalue weighted by molar-refractivity contribution is 9.10. The SMILES string of the molecule is Cc1ccc(CNc2cc(C(F)(F)F)ccc2Br)cn1. The molecule has 0 aliphatic carbocycles. The second-order valence-electron chi connectivity index (χ2n) is 4.35. The van der Waals surface area contributed by atoms with Crippen molar-refractivity contribution in [1.82, 2.24) is 4.98 Å². The zero-order valence-corrected chi connectivity index (χ0v) is 12.2. The van der Waals surface area contributed by atoms with Crippen molar-refractivity contribution in [1.29, 1.82) is 0 Å². The van der Waals surface area contributed by atoms with Gasteiger partial charge in [-0.15, -0.1) is 0 Å². The fraction of sp³-hybridized carbons (Fsp3) is 0.214. The number of hydrogen-bond acceptors (Lipinski definition) is 2. The standard InChI is InChI=1S/C14H12BrF3N2/c1-9-2-3-10(7-19-9)8-20-13-6-11(14(16,17)18)4-5-12(13)15/h2-7,20H,8H2,1H3. The maximum absolute atomic E-state index is 12.7. The van der Waals surface area contributed by atoms with E-state index in [0.717, 1.165) is 23.4 Å². The number of aryl methyl sites for hydroxylation is 1. The third-order valence-electron chi connectivity index (χ3n) is 2.75. The number of anilines is 1. The Labute approximate surface area is 123 Å². The summed E-state index contributed by atoms with van der Waals surface area (Å²) in [6.45, 7) is 2.29. The molecular weight excluding hydrogens is 333 g/mol. The van der Waals surface area contributed by atoms with Gasteiger partial charge in [0.2, 0.25) is 0 Å². The molecule has 20 heavy (non-hydrogen) atoms. The van der Waals surface area contributed by atoms with Crippen molar-refractivity contribution in [3.8, 4) is 0 Å². The van der Waals surface area contributed by atoms with E-state index in [-0.39, 0.29) is 0 Å². The molecule has 1 N–H and O–H groups in total. The molecule has 6 heteroatoms. The van der Waals surface area contributed by atoms with E-state index in [1.807, 2.05) is 19.1 Å². The number of nitrogens with zero attached hydrogens (tertiary/aromatic N) is 1. The van der Waals surface area contributed by atoms with Crippen LogP contribution in [0.2, 0.25) is 0 Å². The molecule has 0 aliphatic heterocycles. The highest BCUT2D eigenvalue weighted by Gasteiger charge is 2.30. The van der Waals surface area contributed by atoms with Crippen molar-refractivity contribution < 1.29 is 13.2 Å². The monoisotopic (exact) mass is 344 g/mol. The zero-order chi connectivity index (χ0) is 14.8. The summed E-state index contributed by atoms with van der Waals surface area (Å²) in [4.78, 5) is 4.14. The molecule has 0 aliphatic rings. The molecule has 0 saturated carbocycles. The molecule has 0 saturated heterocycles. The Hall–Kier alpha value is -1.56. The van der Waals surface area contributed by atoms with Gasteiger partial charge in [0.25, 0.3) is 0 Å². The highest BCUT2D eigenvalue weighted by atomic mass is 79.9. The first-order valence-corrected chi connectivity index (χ1v) is 6.68. The lowest BCUT2D eigenvalue weighted by molar-refractivity contribution is -0.137. The first kappa shape index (κ1) is 14.8. The third kappa shape index (κ3) is 3.72. The number of benzene rings is 1. The van der Waals surface area contributed by atoms with Gasteiger partial charge in [-0.1, -0.05) is 6.07 Å². The molecule has 0 radical (unpaired) electrons. The Kier molecular flexibility index (Phi) is 4.32. The lowest BCUT2D eigenvalue weighted by Crippen LogP contribution is -2.07. The smallest absolute Gasteiger partial charge is 0.380 e. The first-order chi connectivity index (χ1) is 9.36. The molecule has 106 valence electrons. The number of rotatable bonds is 3. The van der Waals surface area contributed by atoms with Crippen molar-refractivity contribution in [3.63, 3.8) is 0 Å². The Morgan fingerprint density at radius 1 is 1.20 bits per heavy atom. The van der Waals surface area contributed by atoms with Crippen molar-refractivity contribution in [2.75, 3.05) is 5.32 Å². The second kappa shape index (κ2) is 5.83. The van der Waals surface area contributed by atoms with Gasteiger partial charge in [0.15, 0.2) is 0 Å². The molecule has 2 nitrogen and oxygen atoms in total. The van der Waals surface area contributed by atoms with E-state index in [9.17, 15) is 13.2 Å². The van der Waals surface area contributed by atoms with Crippen LogP contribution in [0.5, 0.6) is 0 Å². The summed E-state index contributed by atoms with van der Waals surface area (Å²) in [7, 11) is 0. The van der Waals surface area contributed by atoms with E-state index in [2.05, 4.69) is 26.2 Å². The molecule has 1 aromatic carbocycles. The normalized spacial score (nSPS) is 11.4. The minimum atomic E-state index is -4.34. The predicted molar refractivity (Wildman–Crippen MR) is 75.4 cm³/mol. The van der Waals surface area contributed by atoms with Crippen LogP contribution in [0.1, 0.15) is 16.8 Å². The van der Waals surface area contributed by atoms with Crippen LogP contribution in [-0.2, 0) is 12.7 Å². The molecular formula is C14H12BrF3N2. The van der Waals surface area contributed by atoms with Crippen LogP contribution >= 0.6 is 15.9 Å². The third-order valence-corrected chi connectivity index (χ3v) is 3.44. The summed E-state index contributed by atoms with van der Waals surface area (Å²) in [5.74, 6) is 0. The summed E-state index contributed by atoms with van der Waals surface area (Å²) in [6.07, 6.45) is -2.65. The lowest BCUT2D eigenvalue weighted by Gasteiger charge is -2.12. The number of alkyl halides is 3. The molecule has 0 bridgehead atoms. The Morgan fingerprint density at radius 2 is 1.95 bits per heavy atom. The van der Waals surface area contributed by atoms with Gasteiger partial charge in [-0.3, -0.25) is 4.98 Å². The Bertz CT molecular complexity index is 594. The van der Waals surface area contributed by atoms with Crippen LogP contribution in [0.15, 0.2) is 41.0 Å². The maximum atomic E-state index is 12.7. The minimum absolute atomic E-state index is 0.403. The maximum Gasteiger partial charge on any atom is 0.416 e. The van der Waals surface area contributed by atoms with E-state index in [1.165, 1.54) is 6.07 Å². The highest BCUT2D eigenvalue weighted by Crippen LogP contribution is 2.34. The molecule has 0 amide bonds. The Balaban J connectivity index is 2.14. The molecule has 2 rings (SSSR count). The average Bonchev–Trinajstić information content (AvgIpc) is 2.38. The minimum Gasteiger partial charge on any atom is -0.380 e. The zero-order valence-electron chi connectivity index (χ0n) is 10.6. The van der Waals surface area contributed by atoms with Crippen molar-refractivity contribution in [2.24, 2.45) is 0 Å². The summed E-state index contributed by atoms with van der Waals surface area (Å²) >= 11 is 3.24. The summed E-state index contributed by atoms with van der Waals surface area (Å²) in [5.41, 5.74) is 1.53. The fourth-order valence-corrected chi connectivity index (χ4v) is 2.02. The van der Waals surface area contributed by atoms with Crippen molar-refractivity contribution >= 4 is 21.6 Å². The summed E-state index contributed by atoms with van der Waals surface area (Å²) in [5, 5.41) is 2.97. The molecule has 0 unspecified atom stereocenters. The van der Waals surface area contributed by atoms with Gasteiger partial charge < -0.3 is 5.32 Å². The van der Waals surface area contributed by atoms with Crippen LogP contribution in [0.3, 0.4) is 0 Å². The van der Waals surface area contributed by atoms with Crippen LogP contribution in [0.4, 0.5) is 18.9 Å². The van der Waals surface area contributed by atoms with E-state index >= 15 is 0 Å². The summed E-state index contributed by atoms with van der Waals surface area (Å²) in [6, 6.07) is 7.27. The molecule has 1 heterocycles. The van der Waals surface area contributed by atoms with Gasteiger partial charge in [-0.05, 0) is 52.7 Å². The topological polar surface area (TPSA) is 24.9 Å². The number of pyridine rings is 1. The van der Waals surface area contributed by atoms with E-state index in [0.29, 0.717) is 16.7 Å². The number of halogens is 4. The van der Waals surface area contributed by atoms with Crippen LogP contribution in [-0.4, -0.2) is 4.98 Å². The number of aromatic nitrogens is 1. The van der Waals surface area contributed by atoms with Gasteiger partial charge in [-0.25, -0.2) is 0 Å². The van der Waals surface area contributed by atoms with E-state index in [1.54, 1.807) is 6.20 Å². The van der Waals surface area contributed by atoms with Gasteiger partial charge in [0.1, 0.15) is 0 Å². The largest absolute Gasteiger partial charge is 0.416 e. The van der Waals surface area contributed by atoms with Gasteiger partial charge >= 0.3 is 6.18 Å². The molecule has 2 aromatic rings. The summed E-state index contributed by atoms with van der Waals surface area (Å²) < 4.78 is 38.6. The predicted octanol–water partition coefficient (Wildman–Crippen LogP) is 4.78. The average molecular weight is 345 g/mol. The number of nitrogens with one attached hydrogen (secondary N) is 1. The van der Waals surface area contributed by atoms with Gasteiger partial charge in [0.05, 0.1) is 5.56 Å². The molecule has 0 spiro atoms. The van der Waals surface area contributed by atoms with Gasteiger partial charge in [0, 0.05) is 28.6 Å². The van der Waals surface area contributed by atoms with Crippen LogP contribution < -0.4 is 5.32 Å².